The van der Waals surface area contributed by atoms with Crippen LogP contribution in [0.15, 0.2) is 11.6 Å². The summed E-state index contributed by atoms with van der Waals surface area (Å²) in [4.78, 5) is 18.8. The van der Waals surface area contributed by atoms with Crippen LogP contribution in [0, 0.1) is 19.8 Å². The molecule has 1 aliphatic carbocycles. The van der Waals surface area contributed by atoms with Gasteiger partial charge in [0.15, 0.2) is 0 Å². The molecule has 1 unspecified atom stereocenters. The van der Waals surface area contributed by atoms with E-state index in [9.17, 15) is 4.79 Å². The van der Waals surface area contributed by atoms with Crippen LogP contribution in [0.4, 0.5) is 4.79 Å². The highest BCUT2D eigenvalue weighted by atomic mass is 16.2. The van der Waals surface area contributed by atoms with Crippen molar-refractivity contribution in [3.05, 3.63) is 23.3 Å². The van der Waals surface area contributed by atoms with E-state index < -0.39 is 0 Å². The van der Waals surface area contributed by atoms with Crippen molar-refractivity contribution < 1.29 is 4.79 Å². The molecule has 6 nitrogen and oxygen atoms in total. The molecule has 1 aromatic heterocycles. The average Bonchev–Trinajstić information content (AvgIpc) is 2.93. The Kier molecular flexibility index (Phi) is 6.10. The van der Waals surface area contributed by atoms with Gasteiger partial charge >= 0.3 is 6.03 Å². The summed E-state index contributed by atoms with van der Waals surface area (Å²) in [6, 6.07) is 0.0904. The Bertz CT molecular complexity index is 621. The van der Waals surface area contributed by atoms with E-state index in [1.165, 1.54) is 31.3 Å². The van der Waals surface area contributed by atoms with Gasteiger partial charge in [-0.2, -0.15) is 5.10 Å². The number of aromatic nitrogens is 3. The largest absolute Gasteiger partial charge is 0.338 e. The molecule has 1 aliphatic heterocycles. The standard InChI is InChI=1S/C19H31N5O/c1-15-21-16(2)24(22-15)14-18-9-6-12-23(13-18)19(25)20-11-10-17-7-4-3-5-8-17/h7,18H,3-6,8-14H2,1-2H3,(H,20,25). The first-order chi connectivity index (χ1) is 12.1. The molecule has 1 fully saturated rings. The second kappa shape index (κ2) is 8.50. The van der Waals surface area contributed by atoms with Gasteiger partial charge in [0.1, 0.15) is 11.6 Å². The highest BCUT2D eigenvalue weighted by molar-refractivity contribution is 5.74. The quantitative estimate of drug-likeness (QED) is 0.834. The summed E-state index contributed by atoms with van der Waals surface area (Å²) in [7, 11) is 0. The maximum atomic E-state index is 12.5. The van der Waals surface area contributed by atoms with Crippen molar-refractivity contribution in [3.8, 4) is 0 Å². The first-order valence-corrected chi connectivity index (χ1v) is 9.70. The molecule has 0 spiro atoms. The van der Waals surface area contributed by atoms with Crippen molar-refractivity contribution in [3.63, 3.8) is 0 Å². The zero-order chi connectivity index (χ0) is 17.6. The minimum absolute atomic E-state index is 0.0904. The van der Waals surface area contributed by atoms with Crippen LogP contribution in [-0.4, -0.2) is 45.3 Å². The van der Waals surface area contributed by atoms with Gasteiger partial charge < -0.3 is 10.2 Å². The smallest absolute Gasteiger partial charge is 0.317 e. The molecule has 2 heterocycles. The van der Waals surface area contributed by atoms with Crippen molar-refractivity contribution >= 4 is 6.03 Å². The molecule has 25 heavy (non-hydrogen) atoms. The number of amides is 2. The highest BCUT2D eigenvalue weighted by Crippen LogP contribution is 2.20. The van der Waals surface area contributed by atoms with Crippen LogP contribution in [0.25, 0.3) is 0 Å². The summed E-state index contributed by atoms with van der Waals surface area (Å²) in [5.41, 5.74) is 1.51. The predicted octanol–water partition coefficient (Wildman–Crippen LogP) is 3.21. The lowest BCUT2D eigenvalue weighted by Gasteiger charge is -2.33. The van der Waals surface area contributed by atoms with Gasteiger partial charge in [-0.25, -0.2) is 14.5 Å². The van der Waals surface area contributed by atoms with E-state index in [0.29, 0.717) is 5.92 Å². The molecule has 0 radical (unpaired) electrons. The first-order valence-electron chi connectivity index (χ1n) is 9.70. The molecule has 2 aliphatic rings. The lowest BCUT2D eigenvalue weighted by Crippen LogP contribution is -2.46. The third-order valence-electron chi connectivity index (χ3n) is 5.31. The molecule has 2 amide bonds. The molecule has 1 aromatic rings. The summed E-state index contributed by atoms with van der Waals surface area (Å²) in [6.45, 7) is 7.20. The SMILES string of the molecule is Cc1nc(C)n(CC2CCCN(C(=O)NCCC3=CCCCC3)C2)n1. The fourth-order valence-electron chi connectivity index (χ4n) is 3.95. The van der Waals surface area contributed by atoms with Crippen LogP contribution < -0.4 is 5.32 Å². The molecule has 0 aromatic carbocycles. The van der Waals surface area contributed by atoms with Crippen LogP contribution in [0.1, 0.15) is 56.6 Å². The lowest BCUT2D eigenvalue weighted by molar-refractivity contribution is 0.157. The molecular weight excluding hydrogens is 314 g/mol. The summed E-state index contributed by atoms with van der Waals surface area (Å²) < 4.78 is 1.98. The number of hydrogen-bond acceptors (Lipinski definition) is 3. The van der Waals surface area contributed by atoms with Gasteiger partial charge in [0, 0.05) is 26.2 Å². The van der Waals surface area contributed by atoms with Gasteiger partial charge in [-0.1, -0.05) is 11.6 Å². The van der Waals surface area contributed by atoms with Crippen molar-refractivity contribution in [1.29, 1.82) is 0 Å². The number of rotatable bonds is 5. The molecule has 1 N–H and O–H groups in total. The van der Waals surface area contributed by atoms with Crippen molar-refractivity contribution in [2.45, 2.75) is 65.3 Å². The number of carbonyl (C=O) groups is 1. The van der Waals surface area contributed by atoms with Crippen LogP contribution in [0.3, 0.4) is 0 Å². The molecule has 0 bridgehead atoms. The number of allylic oxidation sites excluding steroid dienone is 1. The van der Waals surface area contributed by atoms with Gasteiger partial charge in [-0.05, 0) is 64.7 Å². The Balaban J connectivity index is 1.44. The van der Waals surface area contributed by atoms with Crippen molar-refractivity contribution in [2.24, 2.45) is 5.92 Å². The third kappa shape index (κ3) is 5.06. The Hall–Kier alpha value is -1.85. The van der Waals surface area contributed by atoms with E-state index in [0.717, 1.165) is 57.1 Å². The van der Waals surface area contributed by atoms with E-state index in [1.807, 2.05) is 23.4 Å². The topological polar surface area (TPSA) is 63.1 Å². The second-order valence-electron chi connectivity index (χ2n) is 7.43. The van der Waals surface area contributed by atoms with Crippen LogP contribution in [-0.2, 0) is 6.54 Å². The third-order valence-corrected chi connectivity index (χ3v) is 5.31. The fraction of sp³-hybridized carbons (Fsp3) is 0.737. The van der Waals surface area contributed by atoms with Gasteiger partial charge in [0.05, 0.1) is 0 Å². The number of nitrogens with one attached hydrogen (secondary N) is 1. The Morgan fingerprint density at radius 3 is 2.92 bits per heavy atom. The number of piperidine rings is 1. The van der Waals surface area contributed by atoms with Crippen molar-refractivity contribution in [1.82, 2.24) is 25.0 Å². The highest BCUT2D eigenvalue weighted by Gasteiger charge is 2.24. The van der Waals surface area contributed by atoms with Crippen LogP contribution >= 0.6 is 0 Å². The number of carbonyl (C=O) groups excluding carboxylic acids is 1. The van der Waals surface area contributed by atoms with Crippen LogP contribution in [0.2, 0.25) is 0 Å². The molecular formula is C19H31N5O. The normalized spacial score (nSPS) is 21.1. The Morgan fingerprint density at radius 2 is 2.20 bits per heavy atom. The molecule has 1 saturated heterocycles. The Morgan fingerprint density at radius 1 is 1.32 bits per heavy atom. The summed E-state index contributed by atoms with van der Waals surface area (Å²) >= 11 is 0. The van der Waals surface area contributed by atoms with Gasteiger partial charge in [-0.15, -0.1) is 0 Å². The molecule has 138 valence electrons. The minimum Gasteiger partial charge on any atom is -0.338 e. The monoisotopic (exact) mass is 345 g/mol. The molecule has 0 saturated carbocycles. The fourth-order valence-corrected chi connectivity index (χ4v) is 3.95. The summed E-state index contributed by atoms with van der Waals surface area (Å²) in [6.07, 6.45) is 10.6. The maximum Gasteiger partial charge on any atom is 0.317 e. The molecule has 1 atom stereocenters. The number of nitrogens with zero attached hydrogens (tertiary/aromatic N) is 4. The molecule has 6 heteroatoms. The van der Waals surface area contributed by atoms with Crippen LogP contribution in [0.5, 0.6) is 0 Å². The van der Waals surface area contributed by atoms with Gasteiger partial charge in [-0.3, -0.25) is 0 Å². The number of urea groups is 1. The average molecular weight is 345 g/mol. The lowest BCUT2D eigenvalue weighted by atomic mass is 9.97. The Labute approximate surface area is 150 Å². The van der Waals surface area contributed by atoms with Gasteiger partial charge in [0.2, 0.25) is 0 Å². The second-order valence-corrected chi connectivity index (χ2v) is 7.43. The van der Waals surface area contributed by atoms with Gasteiger partial charge in [0.25, 0.3) is 0 Å². The van der Waals surface area contributed by atoms with E-state index in [1.54, 1.807) is 0 Å². The van der Waals surface area contributed by atoms with E-state index >= 15 is 0 Å². The van der Waals surface area contributed by atoms with Crippen molar-refractivity contribution in [2.75, 3.05) is 19.6 Å². The van der Waals surface area contributed by atoms with E-state index in [2.05, 4.69) is 21.5 Å². The summed E-state index contributed by atoms with van der Waals surface area (Å²) in [5.74, 6) is 2.24. The number of aryl methyl sites for hydroxylation is 2. The molecule has 3 rings (SSSR count). The summed E-state index contributed by atoms with van der Waals surface area (Å²) in [5, 5.41) is 7.57. The predicted molar refractivity (Wildman–Crippen MR) is 98.4 cm³/mol. The van der Waals surface area contributed by atoms with E-state index in [-0.39, 0.29) is 6.03 Å². The number of likely N-dealkylation sites (tertiary alicyclic amines) is 1. The van der Waals surface area contributed by atoms with E-state index in [4.69, 9.17) is 0 Å². The first kappa shape index (κ1) is 18.0. The zero-order valence-electron chi connectivity index (χ0n) is 15.6. The maximum absolute atomic E-state index is 12.5. The zero-order valence-corrected chi connectivity index (χ0v) is 15.6. The number of hydrogen-bond donors (Lipinski definition) is 1. The minimum atomic E-state index is 0.0904.